The van der Waals surface area contributed by atoms with Crippen molar-refractivity contribution in [3.8, 4) is 0 Å². The molecule has 9 heteroatoms. The highest BCUT2D eigenvalue weighted by atomic mass is 35.5. The summed E-state index contributed by atoms with van der Waals surface area (Å²) in [6, 6.07) is 11.2. The third-order valence-electron chi connectivity index (χ3n) is 4.03. The first-order chi connectivity index (χ1) is 12.9. The van der Waals surface area contributed by atoms with E-state index >= 15 is 0 Å². The van der Waals surface area contributed by atoms with E-state index in [0.29, 0.717) is 23.5 Å². The number of nitro groups is 1. The second-order valence-corrected chi connectivity index (χ2v) is 6.38. The number of carbonyl (C=O) groups is 1. The Kier molecular flexibility index (Phi) is 5.56. The standard InChI is InChI=1S/C18H16ClN3O5/c19-13-4-1-3-12(9-13)11-20-17(23)5-2-8-21-15-7-6-14(22(25)26)10-16(15)27-18(21)24/h1,3-4,6-7,9-10H,2,5,8,11H2,(H,20,23). The first-order valence-corrected chi connectivity index (χ1v) is 8.61. The summed E-state index contributed by atoms with van der Waals surface area (Å²) in [7, 11) is 0. The zero-order valence-electron chi connectivity index (χ0n) is 14.2. The van der Waals surface area contributed by atoms with Gasteiger partial charge in [-0.25, -0.2) is 4.79 Å². The summed E-state index contributed by atoms with van der Waals surface area (Å²) in [5.74, 6) is -0.753. The van der Waals surface area contributed by atoms with E-state index in [0.717, 1.165) is 5.56 Å². The molecule has 0 bridgehead atoms. The summed E-state index contributed by atoms with van der Waals surface area (Å²) in [4.78, 5) is 34.2. The van der Waals surface area contributed by atoms with Gasteiger partial charge >= 0.3 is 5.76 Å². The Morgan fingerprint density at radius 3 is 2.81 bits per heavy atom. The lowest BCUT2D eigenvalue weighted by Gasteiger charge is -2.06. The van der Waals surface area contributed by atoms with Crippen molar-refractivity contribution in [1.82, 2.24) is 9.88 Å². The Morgan fingerprint density at radius 2 is 2.07 bits per heavy atom. The maximum atomic E-state index is 12.0. The molecule has 1 N–H and O–H groups in total. The smallest absolute Gasteiger partial charge is 0.407 e. The first-order valence-electron chi connectivity index (χ1n) is 8.23. The fraction of sp³-hybridized carbons (Fsp3) is 0.222. The molecule has 0 saturated heterocycles. The molecule has 0 aliphatic rings. The van der Waals surface area contributed by atoms with Crippen LogP contribution >= 0.6 is 11.6 Å². The Hall–Kier alpha value is -3.13. The van der Waals surface area contributed by atoms with Crippen LogP contribution in [0.25, 0.3) is 11.1 Å². The molecule has 0 unspecified atom stereocenters. The highest BCUT2D eigenvalue weighted by Gasteiger charge is 2.14. The number of rotatable bonds is 7. The second kappa shape index (κ2) is 8.05. The molecule has 27 heavy (non-hydrogen) atoms. The van der Waals surface area contributed by atoms with Gasteiger partial charge in [-0.05, 0) is 30.2 Å². The number of nitrogens with one attached hydrogen (secondary N) is 1. The van der Waals surface area contributed by atoms with Crippen LogP contribution in [0.4, 0.5) is 5.69 Å². The minimum absolute atomic E-state index is 0.147. The Bertz CT molecular complexity index is 1060. The van der Waals surface area contributed by atoms with Crippen molar-refractivity contribution in [2.75, 3.05) is 0 Å². The van der Waals surface area contributed by atoms with Crippen molar-refractivity contribution >= 4 is 34.3 Å². The number of benzene rings is 2. The van der Waals surface area contributed by atoms with Crippen molar-refractivity contribution in [3.05, 3.63) is 73.7 Å². The van der Waals surface area contributed by atoms with Gasteiger partial charge in [0.25, 0.3) is 5.69 Å². The lowest BCUT2D eigenvalue weighted by Crippen LogP contribution is -2.23. The van der Waals surface area contributed by atoms with Crippen molar-refractivity contribution in [3.63, 3.8) is 0 Å². The predicted octanol–water partition coefficient (Wildman–Crippen LogP) is 3.25. The maximum absolute atomic E-state index is 12.0. The largest absolute Gasteiger partial charge is 0.419 e. The molecule has 0 spiro atoms. The quantitative estimate of drug-likeness (QED) is 0.493. The summed E-state index contributed by atoms with van der Waals surface area (Å²) >= 11 is 5.90. The number of amides is 1. The van der Waals surface area contributed by atoms with Gasteiger partial charge in [-0.1, -0.05) is 23.7 Å². The molecule has 0 aliphatic carbocycles. The molecule has 8 nitrogen and oxygen atoms in total. The number of aromatic nitrogens is 1. The van der Waals surface area contributed by atoms with Gasteiger partial charge in [0.15, 0.2) is 5.58 Å². The van der Waals surface area contributed by atoms with E-state index in [-0.39, 0.29) is 30.1 Å². The predicted molar refractivity (Wildman–Crippen MR) is 99.7 cm³/mol. The SMILES string of the molecule is O=C(CCCn1c(=O)oc2cc([N+](=O)[O-])ccc21)NCc1cccc(Cl)c1. The number of nitrogens with zero attached hydrogens (tertiary/aromatic N) is 2. The van der Waals surface area contributed by atoms with Crippen LogP contribution in [0.5, 0.6) is 0 Å². The monoisotopic (exact) mass is 389 g/mol. The molecule has 1 amide bonds. The number of aryl methyl sites for hydroxylation is 1. The molecule has 0 atom stereocenters. The normalized spacial score (nSPS) is 10.9. The zero-order valence-corrected chi connectivity index (χ0v) is 14.9. The van der Waals surface area contributed by atoms with Gasteiger partial charge < -0.3 is 9.73 Å². The van der Waals surface area contributed by atoms with Crippen LogP contribution in [-0.4, -0.2) is 15.4 Å². The number of carbonyl (C=O) groups excluding carboxylic acids is 1. The van der Waals surface area contributed by atoms with E-state index in [1.807, 2.05) is 12.1 Å². The molecule has 140 valence electrons. The van der Waals surface area contributed by atoms with Crippen molar-refractivity contribution in [2.45, 2.75) is 25.9 Å². The van der Waals surface area contributed by atoms with E-state index in [9.17, 15) is 19.7 Å². The van der Waals surface area contributed by atoms with Crippen LogP contribution < -0.4 is 11.1 Å². The number of hydrogen-bond acceptors (Lipinski definition) is 5. The van der Waals surface area contributed by atoms with Gasteiger partial charge in [0.1, 0.15) is 0 Å². The third-order valence-corrected chi connectivity index (χ3v) is 4.26. The van der Waals surface area contributed by atoms with Gasteiger partial charge in [0, 0.05) is 30.6 Å². The highest BCUT2D eigenvalue weighted by Crippen LogP contribution is 2.20. The summed E-state index contributed by atoms with van der Waals surface area (Å²) in [6.45, 7) is 0.645. The van der Waals surface area contributed by atoms with Crippen LogP contribution in [0.15, 0.2) is 51.7 Å². The van der Waals surface area contributed by atoms with E-state index in [4.69, 9.17) is 16.0 Å². The fourth-order valence-corrected chi connectivity index (χ4v) is 2.93. The zero-order chi connectivity index (χ0) is 19.4. The van der Waals surface area contributed by atoms with Crippen molar-refractivity contribution in [2.24, 2.45) is 0 Å². The fourth-order valence-electron chi connectivity index (χ4n) is 2.71. The summed E-state index contributed by atoms with van der Waals surface area (Å²) < 4.78 is 6.42. The summed E-state index contributed by atoms with van der Waals surface area (Å²) in [6.07, 6.45) is 0.652. The average Bonchev–Trinajstić information content (AvgIpc) is 2.94. The molecule has 0 saturated carbocycles. The maximum Gasteiger partial charge on any atom is 0.419 e. The molecule has 1 aromatic heterocycles. The number of halogens is 1. The van der Waals surface area contributed by atoms with E-state index in [2.05, 4.69) is 5.32 Å². The summed E-state index contributed by atoms with van der Waals surface area (Å²) in [5, 5.41) is 14.2. The third kappa shape index (κ3) is 4.53. The Labute approximate surface area is 158 Å². The molecule has 0 aliphatic heterocycles. The van der Waals surface area contributed by atoms with E-state index < -0.39 is 10.7 Å². The van der Waals surface area contributed by atoms with E-state index in [1.54, 1.807) is 12.1 Å². The topological polar surface area (TPSA) is 107 Å². The van der Waals surface area contributed by atoms with Crippen LogP contribution in [-0.2, 0) is 17.9 Å². The number of oxazole rings is 1. The van der Waals surface area contributed by atoms with Crippen LogP contribution in [0.3, 0.4) is 0 Å². The lowest BCUT2D eigenvalue weighted by atomic mass is 10.2. The van der Waals surface area contributed by atoms with E-state index in [1.165, 1.54) is 22.8 Å². The Balaban J connectivity index is 1.57. The number of hydrogen-bond donors (Lipinski definition) is 1. The minimum atomic E-state index is -0.607. The number of nitro benzene ring substituents is 1. The molecule has 2 aromatic carbocycles. The second-order valence-electron chi connectivity index (χ2n) is 5.94. The average molecular weight is 390 g/mol. The van der Waals surface area contributed by atoms with Gasteiger partial charge in [-0.15, -0.1) is 0 Å². The molecule has 1 heterocycles. The van der Waals surface area contributed by atoms with Crippen LogP contribution in [0.2, 0.25) is 5.02 Å². The minimum Gasteiger partial charge on any atom is -0.407 e. The van der Waals surface area contributed by atoms with Crippen LogP contribution in [0, 0.1) is 10.1 Å². The molecule has 3 rings (SSSR count). The van der Waals surface area contributed by atoms with Gasteiger partial charge in [0.05, 0.1) is 16.5 Å². The number of fused-ring (bicyclic) bond motifs is 1. The highest BCUT2D eigenvalue weighted by molar-refractivity contribution is 6.30. The van der Waals surface area contributed by atoms with Gasteiger partial charge in [0.2, 0.25) is 5.91 Å². The lowest BCUT2D eigenvalue weighted by molar-refractivity contribution is -0.384. The molecular formula is C18H16ClN3O5. The molecule has 0 radical (unpaired) electrons. The first kappa shape index (κ1) is 18.7. The van der Waals surface area contributed by atoms with Gasteiger partial charge in [-0.2, -0.15) is 0 Å². The molecule has 3 aromatic rings. The van der Waals surface area contributed by atoms with Gasteiger partial charge in [-0.3, -0.25) is 19.5 Å². The molecular weight excluding hydrogens is 374 g/mol. The molecule has 0 fully saturated rings. The van der Waals surface area contributed by atoms with Crippen LogP contribution in [0.1, 0.15) is 18.4 Å². The van der Waals surface area contributed by atoms with Crippen molar-refractivity contribution in [1.29, 1.82) is 0 Å². The summed E-state index contributed by atoms with van der Waals surface area (Å²) in [5.41, 5.74) is 1.36. The van der Waals surface area contributed by atoms with Crippen molar-refractivity contribution < 1.29 is 14.1 Å². The Morgan fingerprint density at radius 1 is 1.26 bits per heavy atom. The number of non-ortho nitro benzene ring substituents is 1.